The lowest BCUT2D eigenvalue weighted by Crippen LogP contribution is -2.42. The van der Waals surface area contributed by atoms with Crippen molar-refractivity contribution in [3.8, 4) is 0 Å². The molecule has 2 heterocycles. The standard InChI is InChI=1S/C11H15NO2/c1-2-14-10(13)11-5-7-3-4-9(12-7)8(11)6-11/h6-7,9,12H,2-5H2,1H3. The second-order valence-electron chi connectivity index (χ2n) is 4.49. The fraction of sp³-hybridized carbons (Fsp3) is 0.727. The number of ether oxygens (including phenoxy) is 1. The monoisotopic (exact) mass is 193 g/mol. The van der Waals surface area contributed by atoms with Gasteiger partial charge < -0.3 is 10.1 Å². The first kappa shape index (κ1) is 8.48. The molecule has 2 bridgehead atoms. The van der Waals surface area contributed by atoms with Gasteiger partial charge in [-0.25, -0.2) is 0 Å². The molecular weight excluding hydrogens is 178 g/mol. The summed E-state index contributed by atoms with van der Waals surface area (Å²) in [5.74, 6) is -0.0200. The summed E-state index contributed by atoms with van der Waals surface area (Å²) in [6.45, 7) is 2.36. The Hall–Kier alpha value is -0.830. The van der Waals surface area contributed by atoms with E-state index in [2.05, 4.69) is 11.4 Å². The fourth-order valence-electron chi connectivity index (χ4n) is 2.95. The average Bonchev–Trinajstić information content (AvgIpc) is 2.78. The van der Waals surface area contributed by atoms with E-state index < -0.39 is 0 Å². The van der Waals surface area contributed by atoms with E-state index in [4.69, 9.17) is 4.74 Å². The second-order valence-corrected chi connectivity index (χ2v) is 4.49. The largest absolute Gasteiger partial charge is 0.465 e. The van der Waals surface area contributed by atoms with Gasteiger partial charge in [-0.2, -0.15) is 0 Å². The van der Waals surface area contributed by atoms with Gasteiger partial charge in [-0.15, -0.1) is 0 Å². The summed E-state index contributed by atoms with van der Waals surface area (Å²) >= 11 is 0. The highest BCUT2D eigenvalue weighted by molar-refractivity contribution is 5.90. The van der Waals surface area contributed by atoms with Crippen molar-refractivity contribution in [2.75, 3.05) is 6.61 Å². The van der Waals surface area contributed by atoms with Crippen molar-refractivity contribution in [1.29, 1.82) is 0 Å². The number of esters is 1. The molecule has 3 atom stereocenters. The van der Waals surface area contributed by atoms with Crippen molar-refractivity contribution in [1.82, 2.24) is 5.32 Å². The first-order valence-corrected chi connectivity index (χ1v) is 5.43. The summed E-state index contributed by atoms with van der Waals surface area (Å²) < 4.78 is 5.13. The minimum Gasteiger partial charge on any atom is -0.465 e. The SMILES string of the molecule is CCOC(=O)C12C=C1C1CCC(C2)N1. The van der Waals surface area contributed by atoms with Gasteiger partial charge >= 0.3 is 5.97 Å². The van der Waals surface area contributed by atoms with E-state index in [1.54, 1.807) is 0 Å². The van der Waals surface area contributed by atoms with Gasteiger partial charge in [-0.05, 0) is 31.8 Å². The van der Waals surface area contributed by atoms with Crippen LogP contribution in [-0.4, -0.2) is 24.7 Å². The molecule has 0 spiro atoms. The number of rotatable bonds is 2. The number of carbonyl (C=O) groups is 1. The first-order chi connectivity index (χ1) is 6.76. The highest BCUT2D eigenvalue weighted by Crippen LogP contribution is 2.56. The number of nitrogens with one attached hydrogen (secondary N) is 1. The van der Waals surface area contributed by atoms with Gasteiger partial charge in [-0.3, -0.25) is 4.79 Å². The summed E-state index contributed by atoms with van der Waals surface area (Å²) in [6, 6.07) is 1.00. The molecule has 0 aromatic heterocycles. The molecule has 14 heavy (non-hydrogen) atoms. The van der Waals surface area contributed by atoms with Crippen molar-refractivity contribution in [3.63, 3.8) is 0 Å². The molecule has 0 radical (unpaired) electrons. The minimum atomic E-state index is -0.271. The second kappa shape index (κ2) is 2.60. The third-order valence-corrected chi connectivity index (χ3v) is 3.66. The van der Waals surface area contributed by atoms with E-state index in [0.29, 0.717) is 18.7 Å². The molecule has 0 aromatic rings. The molecule has 3 aliphatic rings. The number of fused-ring (bicyclic) bond motifs is 4. The highest BCUT2D eigenvalue weighted by Gasteiger charge is 2.60. The zero-order valence-electron chi connectivity index (χ0n) is 8.38. The van der Waals surface area contributed by atoms with Gasteiger partial charge in [0.25, 0.3) is 0 Å². The van der Waals surface area contributed by atoms with E-state index >= 15 is 0 Å². The van der Waals surface area contributed by atoms with Crippen LogP contribution >= 0.6 is 0 Å². The van der Waals surface area contributed by atoms with Crippen LogP contribution in [0.25, 0.3) is 0 Å². The summed E-state index contributed by atoms with van der Waals surface area (Å²) in [4.78, 5) is 11.8. The molecule has 2 aliphatic heterocycles. The molecule has 3 heteroatoms. The summed E-state index contributed by atoms with van der Waals surface area (Å²) in [5, 5.41) is 3.53. The lowest BCUT2D eigenvalue weighted by Gasteiger charge is -2.27. The molecule has 2 fully saturated rings. The molecule has 0 amide bonds. The fourth-order valence-corrected chi connectivity index (χ4v) is 2.95. The van der Waals surface area contributed by atoms with Crippen molar-refractivity contribution >= 4 is 5.97 Å². The van der Waals surface area contributed by atoms with E-state index in [1.165, 1.54) is 18.4 Å². The number of hydrogen-bond donors (Lipinski definition) is 1. The summed E-state index contributed by atoms with van der Waals surface area (Å²) in [6.07, 6.45) is 5.44. The highest BCUT2D eigenvalue weighted by atomic mass is 16.5. The molecule has 3 rings (SSSR count). The zero-order chi connectivity index (χ0) is 9.76. The number of hydrogen-bond acceptors (Lipinski definition) is 3. The number of piperidine rings is 1. The third kappa shape index (κ3) is 0.934. The van der Waals surface area contributed by atoms with Gasteiger partial charge in [0.2, 0.25) is 0 Å². The minimum absolute atomic E-state index is 0.0200. The van der Waals surface area contributed by atoms with Crippen molar-refractivity contribution < 1.29 is 9.53 Å². The molecule has 2 saturated heterocycles. The predicted octanol–water partition coefficient (Wildman–Crippen LogP) is 1.00. The average molecular weight is 193 g/mol. The van der Waals surface area contributed by atoms with Crippen LogP contribution in [0.1, 0.15) is 26.2 Å². The topological polar surface area (TPSA) is 38.3 Å². The summed E-state index contributed by atoms with van der Waals surface area (Å²) in [5.41, 5.74) is 1.03. The number of carbonyl (C=O) groups excluding carboxylic acids is 1. The van der Waals surface area contributed by atoms with Gasteiger partial charge in [0, 0.05) is 12.1 Å². The normalized spacial score (nSPS) is 42.8. The van der Waals surface area contributed by atoms with Crippen LogP contribution in [-0.2, 0) is 9.53 Å². The maximum absolute atomic E-state index is 11.8. The van der Waals surface area contributed by atoms with E-state index in [9.17, 15) is 4.79 Å². The molecule has 3 unspecified atom stereocenters. The van der Waals surface area contributed by atoms with Crippen molar-refractivity contribution in [2.45, 2.75) is 38.3 Å². The van der Waals surface area contributed by atoms with Crippen LogP contribution in [0.2, 0.25) is 0 Å². The van der Waals surface area contributed by atoms with Gasteiger partial charge in [-0.1, -0.05) is 6.08 Å². The Labute approximate surface area is 83.5 Å². The Kier molecular flexibility index (Phi) is 1.57. The van der Waals surface area contributed by atoms with Crippen LogP contribution in [0.3, 0.4) is 0 Å². The quantitative estimate of drug-likeness (QED) is 0.525. The van der Waals surface area contributed by atoms with E-state index in [1.807, 2.05) is 6.92 Å². The van der Waals surface area contributed by atoms with Crippen LogP contribution in [0.15, 0.2) is 11.6 Å². The van der Waals surface area contributed by atoms with Gasteiger partial charge in [0.15, 0.2) is 0 Å². The lowest BCUT2D eigenvalue weighted by molar-refractivity contribution is -0.149. The van der Waals surface area contributed by atoms with Gasteiger partial charge in [0.05, 0.1) is 6.61 Å². The third-order valence-electron chi connectivity index (χ3n) is 3.66. The predicted molar refractivity (Wildman–Crippen MR) is 51.7 cm³/mol. The molecule has 1 N–H and O–H groups in total. The van der Waals surface area contributed by atoms with Crippen LogP contribution in [0.5, 0.6) is 0 Å². The Morgan fingerprint density at radius 1 is 1.71 bits per heavy atom. The Balaban J connectivity index is 1.80. The van der Waals surface area contributed by atoms with Crippen LogP contribution < -0.4 is 5.32 Å². The summed E-state index contributed by atoms with van der Waals surface area (Å²) in [7, 11) is 0. The first-order valence-electron chi connectivity index (χ1n) is 5.43. The Morgan fingerprint density at radius 2 is 2.57 bits per heavy atom. The van der Waals surface area contributed by atoms with Gasteiger partial charge in [0.1, 0.15) is 5.41 Å². The molecule has 76 valence electrons. The maximum atomic E-state index is 11.8. The van der Waals surface area contributed by atoms with Crippen molar-refractivity contribution in [2.24, 2.45) is 5.41 Å². The molecular formula is C11H15NO2. The maximum Gasteiger partial charge on any atom is 0.320 e. The smallest absolute Gasteiger partial charge is 0.320 e. The zero-order valence-corrected chi connectivity index (χ0v) is 8.38. The van der Waals surface area contributed by atoms with Crippen LogP contribution in [0, 0.1) is 5.41 Å². The van der Waals surface area contributed by atoms with Crippen molar-refractivity contribution in [3.05, 3.63) is 11.6 Å². The van der Waals surface area contributed by atoms with E-state index in [0.717, 1.165) is 6.42 Å². The molecule has 3 nitrogen and oxygen atoms in total. The van der Waals surface area contributed by atoms with E-state index in [-0.39, 0.29) is 11.4 Å². The van der Waals surface area contributed by atoms with Crippen LogP contribution in [0.4, 0.5) is 0 Å². The molecule has 0 saturated carbocycles. The Bertz CT molecular complexity index is 323. The molecule has 0 aromatic carbocycles. The lowest BCUT2D eigenvalue weighted by atomic mass is 9.88. The molecule has 1 aliphatic carbocycles. The Morgan fingerprint density at radius 3 is 3.36 bits per heavy atom.